The first kappa shape index (κ1) is 17.4. The maximum Gasteiger partial charge on any atom is 0.363 e. The molecule has 0 atom stereocenters. The van der Waals surface area contributed by atoms with Gasteiger partial charge in [-0.15, -0.1) is 11.3 Å². The minimum absolute atomic E-state index is 0.180. The van der Waals surface area contributed by atoms with Crippen molar-refractivity contribution in [3.05, 3.63) is 75.9 Å². The van der Waals surface area contributed by atoms with E-state index in [4.69, 9.17) is 18.9 Å². The fourth-order valence-electron chi connectivity index (χ4n) is 2.85. The van der Waals surface area contributed by atoms with Gasteiger partial charge in [0.15, 0.2) is 17.2 Å². The molecule has 0 bridgehead atoms. The molecule has 0 saturated carbocycles. The number of cyclic esters (lactones) is 1. The predicted octanol–water partition coefficient (Wildman–Crippen LogP) is 3.80. The third-order valence-corrected chi connectivity index (χ3v) is 4.93. The summed E-state index contributed by atoms with van der Waals surface area (Å²) in [6, 6.07) is 12.7. The van der Waals surface area contributed by atoms with Crippen LogP contribution in [0, 0.1) is 0 Å². The van der Waals surface area contributed by atoms with E-state index < -0.39 is 5.97 Å². The van der Waals surface area contributed by atoms with Crippen molar-refractivity contribution in [3.8, 4) is 17.2 Å². The topological polar surface area (TPSA) is 79.2 Å². The van der Waals surface area contributed by atoms with Crippen LogP contribution in [-0.4, -0.2) is 23.6 Å². The van der Waals surface area contributed by atoms with E-state index in [1.54, 1.807) is 29.8 Å². The Morgan fingerprint density at radius 3 is 2.79 bits per heavy atom. The normalized spacial score (nSPS) is 16.1. The second-order valence-electron chi connectivity index (χ2n) is 6.24. The van der Waals surface area contributed by atoms with Crippen molar-refractivity contribution in [2.24, 2.45) is 4.99 Å². The molecule has 5 rings (SSSR count). The van der Waals surface area contributed by atoms with Gasteiger partial charge < -0.3 is 18.9 Å². The number of thiazole rings is 1. The molecule has 3 heterocycles. The number of rotatable bonds is 5. The third-order valence-electron chi connectivity index (χ3n) is 4.29. The molecule has 2 aliphatic rings. The monoisotopic (exact) mass is 406 g/mol. The first-order chi connectivity index (χ1) is 14.2. The van der Waals surface area contributed by atoms with Gasteiger partial charge in [-0.05, 0) is 42.0 Å². The SMILES string of the molecule is O=C1OC(c2ccc3c(c2)OCO3)=N/C1=C\c1ccc(OCc2cscn2)cc1. The molecule has 0 aliphatic carbocycles. The van der Waals surface area contributed by atoms with Gasteiger partial charge in [-0.3, -0.25) is 0 Å². The minimum atomic E-state index is -0.499. The van der Waals surface area contributed by atoms with E-state index in [-0.39, 0.29) is 18.4 Å². The molecule has 0 amide bonds. The number of ether oxygens (including phenoxy) is 4. The first-order valence-electron chi connectivity index (χ1n) is 8.77. The largest absolute Gasteiger partial charge is 0.487 e. The molecule has 29 heavy (non-hydrogen) atoms. The van der Waals surface area contributed by atoms with Crippen LogP contribution in [0.4, 0.5) is 0 Å². The molecular formula is C21H14N2O5S. The van der Waals surface area contributed by atoms with Gasteiger partial charge in [-0.25, -0.2) is 14.8 Å². The van der Waals surface area contributed by atoms with Crippen molar-refractivity contribution < 1.29 is 23.7 Å². The number of carbonyl (C=O) groups is 1. The molecule has 144 valence electrons. The maximum absolute atomic E-state index is 12.2. The van der Waals surface area contributed by atoms with Crippen LogP contribution >= 0.6 is 11.3 Å². The summed E-state index contributed by atoms with van der Waals surface area (Å²) in [6.07, 6.45) is 1.67. The molecule has 2 aromatic carbocycles. The van der Waals surface area contributed by atoms with Crippen LogP contribution in [0.2, 0.25) is 0 Å². The molecule has 1 aromatic heterocycles. The van der Waals surface area contributed by atoms with E-state index >= 15 is 0 Å². The molecule has 0 spiro atoms. The highest BCUT2D eigenvalue weighted by Gasteiger charge is 2.25. The standard InChI is InChI=1S/C21H14N2O5S/c24-21-17(23-20(28-21)14-3-6-18-19(8-14)27-12-26-18)7-13-1-4-16(5-2-13)25-9-15-10-29-11-22-15/h1-8,10-11H,9,12H2/b17-7-. The van der Waals surface area contributed by atoms with E-state index in [1.807, 2.05) is 29.6 Å². The van der Waals surface area contributed by atoms with E-state index in [1.165, 1.54) is 11.3 Å². The molecule has 0 N–H and O–H groups in total. The van der Waals surface area contributed by atoms with Crippen LogP contribution in [-0.2, 0) is 16.1 Å². The maximum atomic E-state index is 12.2. The van der Waals surface area contributed by atoms with Crippen molar-refractivity contribution in [3.63, 3.8) is 0 Å². The minimum Gasteiger partial charge on any atom is -0.487 e. The molecular weight excluding hydrogens is 392 g/mol. The molecule has 0 saturated heterocycles. The number of benzene rings is 2. The zero-order valence-electron chi connectivity index (χ0n) is 15.0. The van der Waals surface area contributed by atoms with E-state index in [9.17, 15) is 4.79 Å². The number of aliphatic imine (C=N–C) groups is 1. The molecule has 3 aromatic rings. The fraction of sp³-hybridized carbons (Fsp3) is 0.0952. The van der Waals surface area contributed by atoms with E-state index in [0.29, 0.717) is 23.7 Å². The van der Waals surface area contributed by atoms with Gasteiger partial charge in [-0.2, -0.15) is 0 Å². The highest BCUT2D eigenvalue weighted by atomic mass is 32.1. The molecule has 2 aliphatic heterocycles. The van der Waals surface area contributed by atoms with E-state index in [0.717, 1.165) is 17.0 Å². The summed E-state index contributed by atoms with van der Waals surface area (Å²) in [4.78, 5) is 20.7. The lowest BCUT2D eigenvalue weighted by atomic mass is 10.2. The Morgan fingerprint density at radius 2 is 1.97 bits per heavy atom. The summed E-state index contributed by atoms with van der Waals surface area (Å²) < 4.78 is 21.6. The lowest BCUT2D eigenvalue weighted by Crippen LogP contribution is -2.05. The summed E-state index contributed by atoms with van der Waals surface area (Å²) in [7, 11) is 0. The summed E-state index contributed by atoms with van der Waals surface area (Å²) >= 11 is 1.53. The second-order valence-corrected chi connectivity index (χ2v) is 6.96. The van der Waals surface area contributed by atoms with Crippen LogP contribution in [0.25, 0.3) is 6.08 Å². The number of esters is 1. The molecule has 0 radical (unpaired) electrons. The average Bonchev–Trinajstić information content (AvgIpc) is 3.48. The predicted molar refractivity (Wildman–Crippen MR) is 106 cm³/mol. The highest BCUT2D eigenvalue weighted by molar-refractivity contribution is 7.07. The van der Waals surface area contributed by atoms with Crippen LogP contribution in [0.3, 0.4) is 0 Å². The quantitative estimate of drug-likeness (QED) is 0.474. The molecule has 0 fully saturated rings. The van der Waals surface area contributed by atoms with Crippen molar-refractivity contribution in [1.29, 1.82) is 0 Å². The Hall–Kier alpha value is -3.65. The Kier molecular flexibility index (Phi) is 4.45. The number of nitrogens with zero attached hydrogens (tertiary/aromatic N) is 2. The van der Waals surface area contributed by atoms with E-state index in [2.05, 4.69) is 9.98 Å². The Bertz CT molecular complexity index is 1120. The highest BCUT2D eigenvalue weighted by Crippen LogP contribution is 2.33. The van der Waals surface area contributed by atoms with Crippen molar-refractivity contribution in [1.82, 2.24) is 4.98 Å². The number of fused-ring (bicyclic) bond motifs is 1. The number of carbonyl (C=O) groups excluding carboxylic acids is 1. The summed E-state index contributed by atoms with van der Waals surface area (Å²) in [5, 5.41) is 1.94. The number of hydrogen-bond acceptors (Lipinski definition) is 8. The van der Waals surface area contributed by atoms with Gasteiger partial charge in [0.25, 0.3) is 0 Å². The Labute approximate surface area is 169 Å². The first-order valence-corrected chi connectivity index (χ1v) is 9.71. The van der Waals surface area contributed by atoms with Crippen molar-refractivity contribution in [2.75, 3.05) is 6.79 Å². The lowest BCUT2D eigenvalue weighted by molar-refractivity contribution is -0.129. The van der Waals surface area contributed by atoms with Gasteiger partial charge in [0, 0.05) is 10.9 Å². The summed E-state index contributed by atoms with van der Waals surface area (Å²) in [5.41, 5.74) is 4.35. The zero-order chi connectivity index (χ0) is 19.6. The van der Waals surface area contributed by atoms with Gasteiger partial charge >= 0.3 is 5.97 Å². The van der Waals surface area contributed by atoms with Crippen LogP contribution < -0.4 is 14.2 Å². The van der Waals surface area contributed by atoms with Gasteiger partial charge in [0.05, 0.1) is 11.2 Å². The van der Waals surface area contributed by atoms with Crippen LogP contribution in [0.1, 0.15) is 16.8 Å². The van der Waals surface area contributed by atoms with Gasteiger partial charge in [-0.1, -0.05) is 12.1 Å². The molecule has 7 nitrogen and oxygen atoms in total. The summed E-state index contributed by atoms with van der Waals surface area (Å²) in [6.45, 7) is 0.596. The average molecular weight is 406 g/mol. The lowest BCUT2D eigenvalue weighted by Gasteiger charge is -2.04. The molecule has 8 heteroatoms. The van der Waals surface area contributed by atoms with Gasteiger partial charge in [0.1, 0.15) is 12.4 Å². The summed E-state index contributed by atoms with van der Waals surface area (Å²) in [5.74, 6) is 1.72. The second kappa shape index (κ2) is 7.40. The molecule has 0 unspecified atom stereocenters. The fourth-order valence-corrected chi connectivity index (χ4v) is 3.39. The van der Waals surface area contributed by atoms with Crippen LogP contribution in [0.15, 0.2) is 64.0 Å². The van der Waals surface area contributed by atoms with Crippen molar-refractivity contribution in [2.45, 2.75) is 6.61 Å². The zero-order valence-corrected chi connectivity index (χ0v) is 15.8. The van der Waals surface area contributed by atoms with Crippen LogP contribution in [0.5, 0.6) is 17.2 Å². The van der Waals surface area contributed by atoms with Gasteiger partial charge in [0.2, 0.25) is 12.7 Å². The number of aromatic nitrogens is 1. The smallest absolute Gasteiger partial charge is 0.363 e. The Morgan fingerprint density at radius 1 is 1.10 bits per heavy atom. The Balaban J connectivity index is 1.31. The third kappa shape index (κ3) is 3.70. The van der Waals surface area contributed by atoms with Crippen molar-refractivity contribution >= 4 is 29.3 Å². The number of hydrogen-bond donors (Lipinski definition) is 0.